The highest BCUT2D eigenvalue weighted by Gasteiger charge is 2.06. The molecule has 1 heterocycles. The molecule has 1 aromatic rings. The van der Waals surface area contributed by atoms with E-state index in [2.05, 4.69) is 4.98 Å². The normalized spacial score (nSPS) is 15.3. The molecule has 4 nitrogen and oxygen atoms in total. The maximum absolute atomic E-state index is 11.0. The van der Waals surface area contributed by atoms with Gasteiger partial charge in [0, 0.05) is 12.4 Å². The molecular weight excluding hydrogens is 164 g/mol. The lowest BCUT2D eigenvalue weighted by atomic mass is 10.5. The molecule has 11 heavy (non-hydrogen) atoms. The Kier molecular flexibility index (Phi) is 2.00. The molecule has 0 amide bonds. The first kappa shape index (κ1) is 7.87. The van der Waals surface area contributed by atoms with E-state index in [9.17, 15) is 9.00 Å². The van der Waals surface area contributed by atoms with E-state index in [-0.39, 0.29) is 10.5 Å². The molecule has 0 aliphatic heterocycles. The second-order valence-electron chi connectivity index (χ2n) is 1.89. The molecule has 0 spiro atoms. The third-order valence-electron chi connectivity index (χ3n) is 1.12. The number of aromatic nitrogens is 1. The summed E-state index contributed by atoms with van der Waals surface area (Å²) in [5, 5.41) is 0. The van der Waals surface area contributed by atoms with Crippen LogP contribution in [0.2, 0.25) is 0 Å². The summed E-state index contributed by atoms with van der Waals surface area (Å²) in [5.74, 6) is 0. The van der Waals surface area contributed by atoms with Crippen LogP contribution in [0.4, 0.5) is 0 Å². The highest BCUT2D eigenvalue weighted by Crippen LogP contribution is 2.05. The Hall–Kier alpha value is -1.23. The molecule has 1 aromatic heterocycles. The predicted molar refractivity (Wildman–Crippen MR) is 40.1 cm³/mol. The number of carbonyl (C=O) groups is 1. The molecule has 58 valence electrons. The van der Waals surface area contributed by atoms with E-state index in [1.807, 2.05) is 0 Å². The smallest absolute Gasteiger partial charge is 0.219 e. The van der Waals surface area contributed by atoms with Gasteiger partial charge in [-0.2, -0.15) is 0 Å². The van der Waals surface area contributed by atoms with Crippen LogP contribution in [-0.4, -0.2) is 14.8 Å². The first-order valence-corrected chi connectivity index (χ1v) is 4.43. The summed E-state index contributed by atoms with van der Waals surface area (Å²) >= 11 is 0. The maximum Gasteiger partial charge on any atom is 0.219 e. The molecular formula is C6H6N2O2S. The number of nitrogens with one attached hydrogen (secondary N) is 1. The number of hydrogen-bond donors (Lipinski definition) is 1. The van der Waals surface area contributed by atoms with Crippen molar-refractivity contribution >= 4 is 15.3 Å². The molecule has 0 bridgehead atoms. The Morgan fingerprint density at radius 3 is 2.82 bits per heavy atom. The number of carbonyl (C=O) groups excluding carboxylic acids is 1. The highest BCUT2D eigenvalue weighted by atomic mass is 32.2. The van der Waals surface area contributed by atoms with Gasteiger partial charge in [0.05, 0.1) is 4.90 Å². The Morgan fingerprint density at radius 2 is 2.36 bits per heavy atom. The van der Waals surface area contributed by atoms with Crippen LogP contribution in [0.25, 0.3) is 0 Å². The van der Waals surface area contributed by atoms with Gasteiger partial charge in [-0.15, -0.1) is 0 Å². The standard InChI is InChI=1S/C6H6N2O2S/c7-11(10,5-9)6-2-1-3-8-4-6/h1-5,7H. The van der Waals surface area contributed by atoms with Crippen molar-refractivity contribution in [2.45, 2.75) is 4.90 Å². The third-order valence-corrected chi connectivity index (χ3v) is 2.33. The molecule has 0 saturated heterocycles. The molecule has 1 rings (SSSR count). The third kappa shape index (κ3) is 1.62. The Bertz CT molecular complexity index is 344. The molecule has 0 aliphatic carbocycles. The van der Waals surface area contributed by atoms with Gasteiger partial charge in [-0.3, -0.25) is 9.78 Å². The van der Waals surface area contributed by atoms with Crippen molar-refractivity contribution in [3.8, 4) is 0 Å². The van der Waals surface area contributed by atoms with Gasteiger partial charge < -0.3 is 0 Å². The second-order valence-corrected chi connectivity index (χ2v) is 3.75. The summed E-state index contributed by atoms with van der Waals surface area (Å²) in [4.78, 5) is 13.9. The van der Waals surface area contributed by atoms with E-state index in [0.717, 1.165) is 0 Å². The van der Waals surface area contributed by atoms with Gasteiger partial charge in [-0.05, 0) is 12.1 Å². The molecule has 0 fully saturated rings. The second kappa shape index (κ2) is 2.79. The number of hydrogen-bond acceptors (Lipinski definition) is 4. The van der Waals surface area contributed by atoms with E-state index in [1.54, 1.807) is 0 Å². The quantitative estimate of drug-likeness (QED) is 0.663. The van der Waals surface area contributed by atoms with Gasteiger partial charge in [-0.1, -0.05) is 0 Å². The van der Waals surface area contributed by atoms with Crippen LogP contribution in [0, 0.1) is 4.78 Å². The fraction of sp³-hybridized carbons (Fsp3) is 0. The number of pyridine rings is 1. The minimum atomic E-state index is -3.24. The van der Waals surface area contributed by atoms with Gasteiger partial charge in [0.25, 0.3) is 0 Å². The van der Waals surface area contributed by atoms with Gasteiger partial charge >= 0.3 is 0 Å². The zero-order valence-electron chi connectivity index (χ0n) is 5.56. The molecule has 1 unspecified atom stereocenters. The van der Waals surface area contributed by atoms with Crippen LogP contribution >= 0.6 is 0 Å². The molecule has 0 aliphatic rings. The SMILES string of the molecule is N=S(=O)(C=O)c1cccnc1. The van der Waals surface area contributed by atoms with Crippen molar-refractivity contribution in [1.82, 2.24) is 4.98 Å². The van der Waals surface area contributed by atoms with E-state index >= 15 is 0 Å². The summed E-state index contributed by atoms with van der Waals surface area (Å²) in [6.45, 7) is 0. The highest BCUT2D eigenvalue weighted by molar-refractivity contribution is 8.05. The van der Waals surface area contributed by atoms with Crippen molar-refractivity contribution in [3.63, 3.8) is 0 Å². The van der Waals surface area contributed by atoms with Crippen molar-refractivity contribution in [2.75, 3.05) is 0 Å². The van der Waals surface area contributed by atoms with Crippen molar-refractivity contribution < 1.29 is 9.00 Å². The van der Waals surface area contributed by atoms with Crippen molar-refractivity contribution in [3.05, 3.63) is 24.5 Å². The topological polar surface area (TPSA) is 70.9 Å². The van der Waals surface area contributed by atoms with Crippen LogP contribution in [0.1, 0.15) is 0 Å². The van der Waals surface area contributed by atoms with E-state index in [1.165, 1.54) is 24.5 Å². The Balaban J connectivity index is 3.24. The van der Waals surface area contributed by atoms with Gasteiger partial charge in [0.2, 0.25) is 5.62 Å². The Labute approximate surface area is 64.2 Å². The molecule has 1 N–H and O–H groups in total. The summed E-state index contributed by atoms with van der Waals surface area (Å²) in [6.07, 6.45) is 2.74. The first-order valence-electron chi connectivity index (χ1n) is 2.81. The van der Waals surface area contributed by atoms with Gasteiger partial charge in [0.1, 0.15) is 9.73 Å². The van der Waals surface area contributed by atoms with E-state index < -0.39 is 9.73 Å². The van der Waals surface area contributed by atoms with Crippen LogP contribution in [0.5, 0.6) is 0 Å². The van der Waals surface area contributed by atoms with Gasteiger partial charge in [0.15, 0.2) is 0 Å². The number of nitrogens with zero attached hydrogens (tertiary/aromatic N) is 1. The molecule has 1 atom stereocenters. The summed E-state index contributed by atoms with van der Waals surface area (Å²) < 4.78 is 18.1. The zero-order valence-corrected chi connectivity index (χ0v) is 6.38. The van der Waals surface area contributed by atoms with E-state index in [0.29, 0.717) is 0 Å². The van der Waals surface area contributed by atoms with Crippen LogP contribution in [-0.2, 0) is 14.5 Å². The minimum absolute atomic E-state index is 0.129. The largest absolute Gasteiger partial charge is 0.287 e. The van der Waals surface area contributed by atoms with Crippen LogP contribution in [0.3, 0.4) is 0 Å². The molecule has 0 aromatic carbocycles. The monoisotopic (exact) mass is 170 g/mol. The lowest BCUT2D eigenvalue weighted by molar-refractivity contribution is 0.566. The number of rotatable bonds is 2. The zero-order chi connectivity index (χ0) is 8.32. The fourth-order valence-corrected chi connectivity index (χ4v) is 1.19. The average molecular weight is 170 g/mol. The Morgan fingerprint density at radius 1 is 1.64 bits per heavy atom. The molecule has 5 heteroatoms. The summed E-state index contributed by atoms with van der Waals surface area (Å²) in [7, 11) is -3.24. The van der Waals surface area contributed by atoms with Crippen LogP contribution in [0.15, 0.2) is 29.4 Å². The van der Waals surface area contributed by atoms with Crippen molar-refractivity contribution in [2.24, 2.45) is 0 Å². The summed E-state index contributed by atoms with van der Waals surface area (Å²) in [6, 6.07) is 2.98. The van der Waals surface area contributed by atoms with Gasteiger partial charge in [-0.25, -0.2) is 8.99 Å². The lowest BCUT2D eigenvalue weighted by Crippen LogP contribution is -1.98. The predicted octanol–water partition coefficient (Wildman–Crippen LogP) is 0.677. The fourth-order valence-electron chi connectivity index (χ4n) is 0.582. The van der Waals surface area contributed by atoms with Crippen molar-refractivity contribution in [1.29, 1.82) is 4.78 Å². The van der Waals surface area contributed by atoms with E-state index in [4.69, 9.17) is 4.78 Å². The summed E-state index contributed by atoms with van der Waals surface area (Å²) in [5.41, 5.74) is 0.129. The molecule has 0 saturated carbocycles. The average Bonchev–Trinajstić information content (AvgIpc) is 2.06. The minimum Gasteiger partial charge on any atom is -0.287 e. The first-order chi connectivity index (χ1) is 5.17. The molecule has 0 radical (unpaired) electrons. The maximum atomic E-state index is 11.0. The van der Waals surface area contributed by atoms with Crippen LogP contribution < -0.4 is 0 Å². The lowest BCUT2D eigenvalue weighted by Gasteiger charge is -1.95.